The number of carboxylic acids is 1. The molecule has 0 radical (unpaired) electrons. The third kappa shape index (κ3) is 3.59. The Labute approximate surface area is 111 Å². The van der Waals surface area contributed by atoms with Crippen molar-refractivity contribution in [3.05, 3.63) is 29.6 Å². The molecule has 112 valence electrons. The van der Waals surface area contributed by atoms with Crippen LogP contribution < -0.4 is 4.72 Å². The number of nitrogens with one attached hydrogen (secondary N) is 1. The highest BCUT2D eigenvalue weighted by Crippen LogP contribution is 2.32. The van der Waals surface area contributed by atoms with Crippen LogP contribution in [0.15, 0.2) is 18.2 Å². The molecule has 0 heterocycles. The number of benzene rings is 1. The smallest absolute Gasteiger partial charge is 0.416 e. The van der Waals surface area contributed by atoms with Gasteiger partial charge in [0.1, 0.15) is 5.82 Å². The standard InChI is InChI=1S/C10H9F4NO4S/c1-5(9(16)17)20(18,19)15-8-4-6(10(12,13)14)2-3-7(8)11/h2-5,15H,1H3,(H,16,17). The number of rotatable bonds is 4. The summed E-state index contributed by atoms with van der Waals surface area (Å²) >= 11 is 0. The number of hydrogen-bond acceptors (Lipinski definition) is 3. The highest BCUT2D eigenvalue weighted by atomic mass is 32.2. The van der Waals surface area contributed by atoms with E-state index in [0.29, 0.717) is 12.1 Å². The first-order chi connectivity index (χ1) is 8.95. The van der Waals surface area contributed by atoms with Crippen molar-refractivity contribution in [2.45, 2.75) is 18.3 Å². The summed E-state index contributed by atoms with van der Waals surface area (Å²) in [5.74, 6) is -2.97. The summed E-state index contributed by atoms with van der Waals surface area (Å²) < 4.78 is 75.1. The number of anilines is 1. The van der Waals surface area contributed by atoms with Gasteiger partial charge in [0.05, 0.1) is 11.3 Å². The van der Waals surface area contributed by atoms with Crippen LogP contribution in [0.2, 0.25) is 0 Å². The molecule has 0 saturated carbocycles. The summed E-state index contributed by atoms with van der Waals surface area (Å²) in [6.07, 6.45) is -4.79. The van der Waals surface area contributed by atoms with Crippen LogP contribution in [0.25, 0.3) is 0 Å². The highest BCUT2D eigenvalue weighted by Gasteiger charge is 2.33. The fraction of sp³-hybridized carbons (Fsp3) is 0.300. The third-order valence-corrected chi connectivity index (χ3v) is 4.00. The van der Waals surface area contributed by atoms with E-state index in [-0.39, 0.29) is 6.07 Å². The summed E-state index contributed by atoms with van der Waals surface area (Å²) in [5.41, 5.74) is -2.23. The lowest BCUT2D eigenvalue weighted by atomic mass is 10.2. The minimum Gasteiger partial charge on any atom is -0.480 e. The topological polar surface area (TPSA) is 83.5 Å². The fourth-order valence-corrected chi connectivity index (χ4v) is 2.06. The minimum absolute atomic E-state index is 0.251. The highest BCUT2D eigenvalue weighted by molar-refractivity contribution is 7.94. The van der Waals surface area contributed by atoms with Crippen LogP contribution in [0.5, 0.6) is 0 Å². The zero-order valence-corrected chi connectivity index (χ0v) is 10.7. The minimum atomic E-state index is -4.79. The average Bonchev–Trinajstić information content (AvgIpc) is 2.29. The molecular formula is C10H9F4NO4S. The molecule has 1 unspecified atom stereocenters. The molecule has 0 saturated heterocycles. The second kappa shape index (κ2) is 5.27. The summed E-state index contributed by atoms with van der Waals surface area (Å²) in [6, 6.07) is 1.13. The molecule has 1 atom stereocenters. The molecule has 1 aromatic carbocycles. The predicted octanol–water partition coefficient (Wildman–Crippen LogP) is 2.06. The molecule has 0 aliphatic carbocycles. The van der Waals surface area contributed by atoms with Gasteiger partial charge in [0.15, 0.2) is 5.25 Å². The lowest BCUT2D eigenvalue weighted by Gasteiger charge is -2.14. The molecule has 0 aliphatic rings. The maximum Gasteiger partial charge on any atom is 0.416 e. The first kappa shape index (κ1) is 16.2. The SMILES string of the molecule is CC(C(=O)O)S(=O)(=O)Nc1cc(C(F)(F)F)ccc1F. The van der Waals surface area contributed by atoms with E-state index in [0.717, 1.165) is 6.92 Å². The normalized spacial score (nSPS) is 13.8. The van der Waals surface area contributed by atoms with E-state index in [1.165, 1.54) is 4.72 Å². The molecular weight excluding hydrogens is 306 g/mol. The Morgan fingerprint density at radius 3 is 2.35 bits per heavy atom. The summed E-state index contributed by atoms with van der Waals surface area (Å²) in [4.78, 5) is 10.6. The molecule has 5 nitrogen and oxygen atoms in total. The third-order valence-electron chi connectivity index (χ3n) is 2.36. The molecule has 1 rings (SSSR count). The Balaban J connectivity index is 3.19. The molecule has 0 spiro atoms. The zero-order valence-electron chi connectivity index (χ0n) is 9.90. The van der Waals surface area contributed by atoms with Crippen LogP contribution in [0, 0.1) is 5.82 Å². The van der Waals surface area contributed by atoms with Crippen molar-refractivity contribution < 1.29 is 35.9 Å². The van der Waals surface area contributed by atoms with E-state index < -0.39 is 44.5 Å². The first-order valence-corrected chi connectivity index (χ1v) is 6.61. The van der Waals surface area contributed by atoms with Crippen molar-refractivity contribution in [3.63, 3.8) is 0 Å². The number of hydrogen-bond donors (Lipinski definition) is 2. The number of alkyl halides is 3. The molecule has 0 bridgehead atoms. The van der Waals surface area contributed by atoms with E-state index in [1.54, 1.807) is 0 Å². The summed E-state index contributed by atoms with van der Waals surface area (Å²) in [6.45, 7) is 0.802. The average molecular weight is 315 g/mol. The van der Waals surface area contributed by atoms with E-state index >= 15 is 0 Å². The lowest BCUT2D eigenvalue weighted by molar-refractivity contribution is -0.138. The van der Waals surface area contributed by atoms with Crippen LogP contribution in [-0.2, 0) is 21.0 Å². The Hall–Kier alpha value is -1.84. The van der Waals surface area contributed by atoms with Crippen molar-refractivity contribution in [1.29, 1.82) is 0 Å². The lowest BCUT2D eigenvalue weighted by Crippen LogP contribution is -2.32. The van der Waals surface area contributed by atoms with Gasteiger partial charge >= 0.3 is 12.1 Å². The Morgan fingerprint density at radius 2 is 1.90 bits per heavy atom. The maximum absolute atomic E-state index is 13.3. The van der Waals surface area contributed by atoms with E-state index in [2.05, 4.69) is 0 Å². The largest absolute Gasteiger partial charge is 0.480 e. The van der Waals surface area contributed by atoms with Crippen molar-refractivity contribution in [2.24, 2.45) is 0 Å². The fourth-order valence-electron chi connectivity index (χ4n) is 1.15. The molecule has 0 amide bonds. The van der Waals surface area contributed by atoms with Gasteiger partial charge in [-0.05, 0) is 25.1 Å². The number of sulfonamides is 1. The molecule has 0 aliphatic heterocycles. The molecule has 0 aromatic heterocycles. The molecule has 20 heavy (non-hydrogen) atoms. The van der Waals surface area contributed by atoms with Gasteiger partial charge in [0.25, 0.3) is 0 Å². The Kier molecular flexibility index (Phi) is 4.27. The zero-order chi connectivity index (χ0) is 15.7. The van der Waals surface area contributed by atoms with Crippen molar-refractivity contribution in [1.82, 2.24) is 0 Å². The van der Waals surface area contributed by atoms with Gasteiger partial charge < -0.3 is 5.11 Å². The second-order valence-electron chi connectivity index (χ2n) is 3.82. The number of aliphatic carboxylic acids is 1. The summed E-state index contributed by atoms with van der Waals surface area (Å²) in [7, 11) is -4.55. The van der Waals surface area contributed by atoms with E-state index in [9.17, 15) is 30.8 Å². The second-order valence-corrected chi connectivity index (χ2v) is 5.82. The first-order valence-electron chi connectivity index (χ1n) is 5.06. The monoisotopic (exact) mass is 315 g/mol. The van der Waals surface area contributed by atoms with Crippen molar-refractivity contribution >= 4 is 21.7 Å². The van der Waals surface area contributed by atoms with Crippen molar-refractivity contribution in [2.75, 3.05) is 4.72 Å². The number of carboxylic acid groups (broad SMARTS) is 1. The van der Waals surface area contributed by atoms with Crippen LogP contribution >= 0.6 is 0 Å². The molecule has 2 N–H and O–H groups in total. The van der Waals surface area contributed by atoms with Gasteiger partial charge in [-0.1, -0.05) is 0 Å². The quantitative estimate of drug-likeness (QED) is 0.833. The number of halogens is 4. The molecule has 0 fully saturated rings. The van der Waals surface area contributed by atoms with E-state index in [4.69, 9.17) is 5.11 Å². The summed E-state index contributed by atoms with van der Waals surface area (Å²) in [5, 5.41) is 6.61. The van der Waals surface area contributed by atoms with Gasteiger partial charge in [-0.15, -0.1) is 0 Å². The van der Waals surface area contributed by atoms with E-state index in [1.807, 2.05) is 0 Å². The Morgan fingerprint density at radius 1 is 1.35 bits per heavy atom. The van der Waals surface area contributed by atoms with Gasteiger partial charge in [-0.3, -0.25) is 9.52 Å². The van der Waals surface area contributed by atoms with Gasteiger partial charge in [0, 0.05) is 0 Å². The predicted molar refractivity (Wildman–Crippen MR) is 61.0 cm³/mol. The van der Waals surface area contributed by atoms with Crippen LogP contribution in [0.4, 0.5) is 23.2 Å². The van der Waals surface area contributed by atoms with Crippen LogP contribution in [0.3, 0.4) is 0 Å². The molecule has 1 aromatic rings. The van der Waals surface area contributed by atoms with Crippen molar-refractivity contribution in [3.8, 4) is 0 Å². The van der Waals surface area contributed by atoms with Gasteiger partial charge in [0.2, 0.25) is 10.0 Å². The number of carbonyl (C=O) groups is 1. The van der Waals surface area contributed by atoms with Crippen LogP contribution in [-0.4, -0.2) is 24.7 Å². The van der Waals surface area contributed by atoms with Crippen LogP contribution in [0.1, 0.15) is 12.5 Å². The Bertz CT molecular complexity index is 627. The van der Waals surface area contributed by atoms with Gasteiger partial charge in [-0.2, -0.15) is 13.2 Å². The molecule has 10 heteroatoms. The van der Waals surface area contributed by atoms with Gasteiger partial charge in [-0.25, -0.2) is 12.8 Å². The maximum atomic E-state index is 13.3.